The Morgan fingerprint density at radius 2 is 1.71 bits per heavy atom. The summed E-state index contributed by atoms with van der Waals surface area (Å²) in [7, 11) is 0. The first kappa shape index (κ1) is 14.5. The second-order valence-electron chi connectivity index (χ2n) is 4.91. The van der Waals surface area contributed by atoms with Crippen molar-refractivity contribution < 1.29 is 9.59 Å². The van der Waals surface area contributed by atoms with Gasteiger partial charge in [0.15, 0.2) is 0 Å². The smallest absolute Gasteiger partial charge is 0.244 e. The minimum atomic E-state index is -0.431. The highest BCUT2D eigenvalue weighted by Gasteiger charge is 2.27. The van der Waals surface area contributed by atoms with Gasteiger partial charge in [0.2, 0.25) is 11.8 Å². The average Bonchev–Trinajstić information content (AvgIpc) is 2.79. The molecule has 17 heavy (non-hydrogen) atoms. The summed E-state index contributed by atoms with van der Waals surface area (Å²) in [6, 6.07) is -0.431. The van der Waals surface area contributed by atoms with Gasteiger partial charge in [-0.15, -0.1) is 0 Å². The molecule has 1 heterocycles. The third kappa shape index (κ3) is 3.98. The third-order valence-electron chi connectivity index (χ3n) is 2.98. The fourth-order valence-corrected chi connectivity index (χ4v) is 2.00. The van der Waals surface area contributed by atoms with Crippen LogP contribution in [-0.4, -0.2) is 40.7 Å². The highest BCUT2D eigenvalue weighted by Crippen LogP contribution is 2.13. The predicted molar refractivity (Wildman–Crippen MR) is 71.0 cm³/mol. The molecule has 5 heteroatoms. The van der Waals surface area contributed by atoms with Gasteiger partial charge in [0, 0.05) is 13.1 Å². The minimum Gasteiger partial charge on any atom is -0.344 e. The van der Waals surface area contributed by atoms with Crippen LogP contribution in [0.5, 0.6) is 0 Å². The van der Waals surface area contributed by atoms with E-state index in [1.165, 1.54) is 0 Å². The number of alkyl halides is 1. The van der Waals surface area contributed by atoms with E-state index in [2.05, 4.69) is 21.2 Å². The van der Waals surface area contributed by atoms with Crippen LogP contribution in [0.4, 0.5) is 0 Å². The van der Waals surface area contributed by atoms with Crippen LogP contribution in [0, 0.1) is 5.92 Å². The zero-order valence-corrected chi connectivity index (χ0v) is 12.3. The number of likely N-dealkylation sites (tertiary alicyclic amines) is 1. The van der Waals surface area contributed by atoms with Gasteiger partial charge in [-0.3, -0.25) is 9.59 Å². The van der Waals surface area contributed by atoms with Gasteiger partial charge in [0.25, 0.3) is 0 Å². The molecular formula is C12H21BrN2O2. The van der Waals surface area contributed by atoms with Crippen molar-refractivity contribution in [3.05, 3.63) is 0 Å². The summed E-state index contributed by atoms with van der Waals surface area (Å²) >= 11 is 3.33. The largest absolute Gasteiger partial charge is 0.344 e. The van der Waals surface area contributed by atoms with E-state index in [-0.39, 0.29) is 22.6 Å². The van der Waals surface area contributed by atoms with Crippen molar-refractivity contribution in [2.24, 2.45) is 5.92 Å². The fourth-order valence-electron chi connectivity index (χ4n) is 1.87. The van der Waals surface area contributed by atoms with E-state index in [1.54, 1.807) is 6.92 Å². The molecule has 0 radical (unpaired) electrons. The molecule has 0 bridgehead atoms. The van der Waals surface area contributed by atoms with Gasteiger partial charge in [-0.05, 0) is 25.7 Å². The van der Waals surface area contributed by atoms with Gasteiger partial charge in [-0.2, -0.15) is 0 Å². The molecule has 4 nitrogen and oxygen atoms in total. The lowest BCUT2D eigenvalue weighted by molar-refractivity contribution is -0.135. The van der Waals surface area contributed by atoms with Crippen molar-refractivity contribution in [1.29, 1.82) is 0 Å². The standard InChI is InChI=1S/C12H21BrN2O2/c1-8(2)10(13)11(16)14-9(3)12(17)15-6-4-5-7-15/h8-10H,4-7H2,1-3H3,(H,14,16). The van der Waals surface area contributed by atoms with E-state index in [0.717, 1.165) is 25.9 Å². The molecule has 2 amide bonds. The minimum absolute atomic E-state index is 0.0271. The van der Waals surface area contributed by atoms with Crippen LogP contribution < -0.4 is 5.32 Å². The first-order valence-electron chi connectivity index (χ1n) is 6.16. The van der Waals surface area contributed by atoms with Crippen LogP contribution >= 0.6 is 15.9 Å². The maximum Gasteiger partial charge on any atom is 0.244 e. The molecule has 0 aliphatic carbocycles. The van der Waals surface area contributed by atoms with Crippen molar-refractivity contribution in [3.8, 4) is 0 Å². The molecule has 2 atom stereocenters. The van der Waals surface area contributed by atoms with Gasteiger partial charge >= 0.3 is 0 Å². The number of amides is 2. The van der Waals surface area contributed by atoms with E-state index in [4.69, 9.17) is 0 Å². The number of hydrogen-bond donors (Lipinski definition) is 1. The Morgan fingerprint density at radius 1 is 1.18 bits per heavy atom. The maximum atomic E-state index is 12.0. The van der Waals surface area contributed by atoms with Gasteiger partial charge < -0.3 is 10.2 Å². The van der Waals surface area contributed by atoms with Crippen LogP contribution in [0.1, 0.15) is 33.6 Å². The third-order valence-corrected chi connectivity index (χ3v) is 4.46. The highest BCUT2D eigenvalue weighted by molar-refractivity contribution is 9.10. The number of halogens is 1. The lowest BCUT2D eigenvalue weighted by Gasteiger charge is -2.22. The molecule has 1 rings (SSSR count). The molecule has 1 aliphatic heterocycles. The zero-order valence-electron chi connectivity index (χ0n) is 10.7. The van der Waals surface area contributed by atoms with E-state index >= 15 is 0 Å². The molecule has 1 saturated heterocycles. The lowest BCUT2D eigenvalue weighted by atomic mass is 10.1. The second-order valence-corrected chi connectivity index (χ2v) is 5.89. The first-order chi connectivity index (χ1) is 7.93. The number of nitrogens with one attached hydrogen (secondary N) is 1. The molecule has 1 fully saturated rings. The molecule has 0 spiro atoms. The summed E-state index contributed by atoms with van der Waals surface area (Å²) in [5, 5.41) is 2.76. The van der Waals surface area contributed by atoms with Crippen molar-refractivity contribution in [2.45, 2.75) is 44.5 Å². The molecular weight excluding hydrogens is 284 g/mol. The van der Waals surface area contributed by atoms with Gasteiger partial charge in [0.1, 0.15) is 6.04 Å². The Kier molecular flexibility index (Phi) is 5.43. The Bertz CT molecular complexity index is 288. The Morgan fingerprint density at radius 3 is 2.18 bits per heavy atom. The second kappa shape index (κ2) is 6.38. The van der Waals surface area contributed by atoms with Gasteiger partial charge in [-0.1, -0.05) is 29.8 Å². The number of carbonyl (C=O) groups excluding carboxylic acids is 2. The Labute approximate surface area is 111 Å². The van der Waals surface area contributed by atoms with Crippen LogP contribution in [0.25, 0.3) is 0 Å². The summed E-state index contributed by atoms with van der Waals surface area (Å²) in [6.07, 6.45) is 2.14. The number of rotatable bonds is 4. The van der Waals surface area contributed by atoms with Crippen LogP contribution in [0.15, 0.2) is 0 Å². The summed E-state index contributed by atoms with van der Waals surface area (Å²) in [5.41, 5.74) is 0. The molecule has 0 saturated carbocycles. The number of hydrogen-bond acceptors (Lipinski definition) is 2. The zero-order chi connectivity index (χ0) is 13.0. The van der Waals surface area contributed by atoms with Gasteiger partial charge in [-0.25, -0.2) is 0 Å². The molecule has 0 aromatic rings. The molecule has 1 aliphatic rings. The normalized spacial score (nSPS) is 19.2. The first-order valence-corrected chi connectivity index (χ1v) is 7.08. The SMILES string of the molecule is CC(NC(=O)C(Br)C(C)C)C(=O)N1CCCC1. The van der Waals surface area contributed by atoms with Crippen molar-refractivity contribution in [3.63, 3.8) is 0 Å². The van der Waals surface area contributed by atoms with E-state index in [1.807, 2.05) is 18.7 Å². The van der Waals surface area contributed by atoms with Crippen LogP contribution in [0.2, 0.25) is 0 Å². The molecule has 98 valence electrons. The Balaban J connectivity index is 2.45. The monoisotopic (exact) mass is 304 g/mol. The van der Waals surface area contributed by atoms with Crippen LogP contribution in [0.3, 0.4) is 0 Å². The highest BCUT2D eigenvalue weighted by atomic mass is 79.9. The fraction of sp³-hybridized carbons (Fsp3) is 0.833. The predicted octanol–water partition coefficient (Wildman–Crippen LogP) is 1.53. The van der Waals surface area contributed by atoms with Crippen LogP contribution in [-0.2, 0) is 9.59 Å². The van der Waals surface area contributed by atoms with E-state index in [9.17, 15) is 9.59 Å². The van der Waals surface area contributed by atoms with Crippen molar-refractivity contribution in [2.75, 3.05) is 13.1 Å². The Hall–Kier alpha value is -0.580. The maximum absolute atomic E-state index is 12.0. The quantitative estimate of drug-likeness (QED) is 0.801. The molecule has 2 unspecified atom stereocenters. The molecule has 0 aromatic carbocycles. The summed E-state index contributed by atoms with van der Waals surface area (Å²) < 4.78 is 0. The van der Waals surface area contributed by atoms with Crippen molar-refractivity contribution in [1.82, 2.24) is 10.2 Å². The number of nitrogens with zero attached hydrogens (tertiary/aromatic N) is 1. The molecule has 1 N–H and O–H groups in total. The number of carbonyl (C=O) groups is 2. The summed E-state index contributed by atoms with van der Waals surface area (Å²) in [4.78, 5) is 25.3. The van der Waals surface area contributed by atoms with Gasteiger partial charge in [0.05, 0.1) is 4.83 Å². The topological polar surface area (TPSA) is 49.4 Å². The van der Waals surface area contributed by atoms with E-state index in [0.29, 0.717) is 0 Å². The van der Waals surface area contributed by atoms with Crippen molar-refractivity contribution >= 4 is 27.7 Å². The van der Waals surface area contributed by atoms with E-state index < -0.39 is 6.04 Å². The lowest BCUT2D eigenvalue weighted by Crippen LogP contribution is -2.48. The summed E-state index contributed by atoms with van der Waals surface area (Å²) in [6.45, 7) is 7.32. The average molecular weight is 305 g/mol. The molecule has 0 aromatic heterocycles. The summed E-state index contributed by atoms with van der Waals surface area (Å²) in [5.74, 6) is 0.128.